The van der Waals surface area contributed by atoms with E-state index in [1.807, 2.05) is 37.3 Å². The first-order valence-corrected chi connectivity index (χ1v) is 7.58. The van der Waals surface area contributed by atoms with Gasteiger partial charge in [-0.15, -0.1) is 0 Å². The van der Waals surface area contributed by atoms with Gasteiger partial charge in [0.15, 0.2) is 0 Å². The van der Waals surface area contributed by atoms with Crippen molar-refractivity contribution in [2.75, 3.05) is 0 Å². The first-order valence-electron chi connectivity index (χ1n) is 6.78. The summed E-state index contributed by atoms with van der Waals surface area (Å²) in [6, 6.07) is 16.2. The zero-order valence-corrected chi connectivity index (χ0v) is 13.2. The van der Waals surface area contributed by atoms with Gasteiger partial charge in [-0.2, -0.15) is 0 Å². The molecule has 0 saturated heterocycles. The molecule has 2 nitrogen and oxygen atoms in total. The number of carbonyl (C=O) groups is 1. The molecule has 104 valence electrons. The first-order chi connectivity index (χ1) is 10.2. The fourth-order valence-electron chi connectivity index (χ4n) is 2.67. The van der Waals surface area contributed by atoms with Gasteiger partial charge in [0, 0.05) is 22.0 Å². The van der Waals surface area contributed by atoms with Crippen LogP contribution in [-0.2, 0) is 11.2 Å². The fraction of sp³-hybridized carbons (Fsp3) is 0.111. The third-order valence-electron chi connectivity index (χ3n) is 3.60. The van der Waals surface area contributed by atoms with Gasteiger partial charge in [-0.3, -0.25) is 4.98 Å². The zero-order chi connectivity index (χ0) is 14.8. The van der Waals surface area contributed by atoms with Gasteiger partial charge >= 0.3 is 0 Å². The van der Waals surface area contributed by atoms with Crippen LogP contribution in [-0.4, -0.2) is 11.3 Å². The highest BCUT2D eigenvalue weighted by molar-refractivity contribution is 9.10. The van der Waals surface area contributed by atoms with Crippen LogP contribution in [0.2, 0.25) is 0 Å². The van der Waals surface area contributed by atoms with Crippen molar-refractivity contribution in [3.05, 3.63) is 64.3 Å². The Morgan fingerprint density at radius 3 is 2.62 bits per heavy atom. The number of halogens is 1. The Bertz CT molecular complexity index is 812. The maximum absolute atomic E-state index is 11.1. The van der Waals surface area contributed by atoms with Crippen LogP contribution in [0.3, 0.4) is 0 Å². The van der Waals surface area contributed by atoms with E-state index in [0.29, 0.717) is 6.42 Å². The molecule has 0 radical (unpaired) electrons. The number of fused-ring (bicyclic) bond motifs is 1. The number of aldehydes is 1. The molecule has 0 aliphatic carbocycles. The van der Waals surface area contributed by atoms with Gasteiger partial charge in [0.05, 0.1) is 5.52 Å². The predicted octanol–water partition coefficient (Wildman–Crippen LogP) is 4.71. The van der Waals surface area contributed by atoms with Crippen LogP contribution in [0.25, 0.3) is 22.0 Å². The maximum Gasteiger partial charge on any atom is 0.124 e. The molecule has 1 aromatic heterocycles. The molecule has 21 heavy (non-hydrogen) atoms. The summed E-state index contributed by atoms with van der Waals surface area (Å²) in [6.07, 6.45) is 1.33. The second-order valence-corrected chi connectivity index (χ2v) is 5.86. The van der Waals surface area contributed by atoms with Crippen LogP contribution < -0.4 is 0 Å². The largest absolute Gasteiger partial charge is 0.303 e. The Morgan fingerprint density at radius 2 is 1.90 bits per heavy atom. The van der Waals surface area contributed by atoms with Crippen molar-refractivity contribution in [2.24, 2.45) is 0 Å². The van der Waals surface area contributed by atoms with Crippen molar-refractivity contribution in [3.8, 4) is 11.1 Å². The smallest absolute Gasteiger partial charge is 0.124 e. The molecule has 0 spiro atoms. The molecule has 0 atom stereocenters. The molecule has 3 aromatic rings. The average molecular weight is 340 g/mol. The highest BCUT2D eigenvalue weighted by Gasteiger charge is 2.14. The average Bonchev–Trinajstić information content (AvgIpc) is 2.50. The summed E-state index contributed by atoms with van der Waals surface area (Å²) >= 11 is 3.52. The zero-order valence-electron chi connectivity index (χ0n) is 11.6. The lowest BCUT2D eigenvalue weighted by molar-refractivity contribution is -0.107. The summed E-state index contributed by atoms with van der Waals surface area (Å²) < 4.78 is 1.01. The fourth-order valence-corrected chi connectivity index (χ4v) is 3.03. The van der Waals surface area contributed by atoms with Crippen molar-refractivity contribution < 1.29 is 4.79 Å². The quantitative estimate of drug-likeness (QED) is 0.646. The molecule has 0 amide bonds. The van der Waals surface area contributed by atoms with Crippen molar-refractivity contribution in [3.63, 3.8) is 0 Å². The van der Waals surface area contributed by atoms with E-state index >= 15 is 0 Å². The Labute approximate surface area is 132 Å². The minimum atomic E-state index is 0.380. The second kappa shape index (κ2) is 5.78. The van der Waals surface area contributed by atoms with Gasteiger partial charge in [0.25, 0.3) is 0 Å². The number of hydrogen-bond acceptors (Lipinski definition) is 2. The summed E-state index contributed by atoms with van der Waals surface area (Å²) in [7, 11) is 0. The van der Waals surface area contributed by atoms with E-state index in [4.69, 9.17) is 0 Å². The van der Waals surface area contributed by atoms with Crippen LogP contribution in [0.4, 0.5) is 0 Å². The van der Waals surface area contributed by atoms with Crippen LogP contribution in [0, 0.1) is 6.92 Å². The molecule has 0 bridgehead atoms. The van der Waals surface area contributed by atoms with Crippen LogP contribution in [0.1, 0.15) is 11.3 Å². The normalized spacial score (nSPS) is 10.8. The van der Waals surface area contributed by atoms with Gasteiger partial charge in [-0.05, 0) is 41.8 Å². The molecule has 3 heteroatoms. The van der Waals surface area contributed by atoms with Crippen LogP contribution in [0.15, 0.2) is 53.0 Å². The second-order valence-electron chi connectivity index (χ2n) is 4.95. The SMILES string of the molecule is Cc1nc2ccc(Br)cc2c(-c2ccccc2)c1CC=O. The Balaban J connectivity index is 2.43. The van der Waals surface area contributed by atoms with E-state index in [2.05, 4.69) is 39.1 Å². The Morgan fingerprint density at radius 1 is 1.14 bits per heavy atom. The minimum absolute atomic E-state index is 0.380. The predicted molar refractivity (Wildman–Crippen MR) is 89.4 cm³/mol. The first kappa shape index (κ1) is 14.0. The number of rotatable bonds is 3. The molecule has 0 fully saturated rings. The third-order valence-corrected chi connectivity index (χ3v) is 4.10. The maximum atomic E-state index is 11.1. The molecular weight excluding hydrogens is 326 g/mol. The molecule has 1 heterocycles. The van der Waals surface area contributed by atoms with E-state index in [9.17, 15) is 4.79 Å². The molecule has 0 unspecified atom stereocenters. The van der Waals surface area contributed by atoms with Gasteiger partial charge < -0.3 is 4.79 Å². The summed E-state index contributed by atoms with van der Waals surface area (Å²) in [5, 5.41) is 1.07. The Kier molecular flexibility index (Phi) is 3.84. The molecule has 2 aromatic carbocycles. The molecule has 0 N–H and O–H groups in total. The lowest BCUT2D eigenvalue weighted by atomic mass is 9.93. The van der Waals surface area contributed by atoms with E-state index in [1.54, 1.807) is 0 Å². The lowest BCUT2D eigenvalue weighted by Gasteiger charge is -2.14. The summed E-state index contributed by atoms with van der Waals surface area (Å²) in [4.78, 5) is 15.7. The number of aromatic nitrogens is 1. The molecule has 0 saturated carbocycles. The van der Waals surface area contributed by atoms with Crippen molar-refractivity contribution >= 4 is 33.1 Å². The highest BCUT2D eigenvalue weighted by atomic mass is 79.9. The van der Waals surface area contributed by atoms with Crippen molar-refractivity contribution in [1.29, 1.82) is 0 Å². The number of hydrogen-bond donors (Lipinski definition) is 0. The Hall–Kier alpha value is -2.00. The summed E-state index contributed by atoms with van der Waals surface area (Å²) in [6.45, 7) is 1.97. The highest BCUT2D eigenvalue weighted by Crippen LogP contribution is 2.34. The number of benzene rings is 2. The van der Waals surface area contributed by atoms with Crippen molar-refractivity contribution in [2.45, 2.75) is 13.3 Å². The van der Waals surface area contributed by atoms with Crippen LogP contribution >= 0.6 is 15.9 Å². The number of carbonyl (C=O) groups excluding carboxylic acids is 1. The van der Waals surface area contributed by atoms with Gasteiger partial charge in [0.1, 0.15) is 6.29 Å². The van der Waals surface area contributed by atoms with Crippen LogP contribution in [0.5, 0.6) is 0 Å². The molecule has 3 rings (SSSR count). The monoisotopic (exact) mass is 339 g/mol. The third kappa shape index (κ3) is 2.61. The summed E-state index contributed by atoms with van der Waals surface area (Å²) in [5.41, 5.74) is 5.08. The van der Waals surface area contributed by atoms with E-state index in [0.717, 1.165) is 44.0 Å². The summed E-state index contributed by atoms with van der Waals surface area (Å²) in [5.74, 6) is 0. The van der Waals surface area contributed by atoms with E-state index in [-0.39, 0.29) is 0 Å². The lowest BCUT2D eigenvalue weighted by Crippen LogP contribution is -2.00. The van der Waals surface area contributed by atoms with Gasteiger partial charge in [-0.25, -0.2) is 0 Å². The molecule has 0 aliphatic rings. The van der Waals surface area contributed by atoms with Gasteiger partial charge in [-0.1, -0.05) is 46.3 Å². The van der Waals surface area contributed by atoms with Crippen molar-refractivity contribution in [1.82, 2.24) is 4.98 Å². The standard InChI is InChI=1S/C18H14BrNO/c1-12-15(9-10-21)18(13-5-3-2-4-6-13)16-11-14(19)7-8-17(16)20-12/h2-8,10-11H,9H2,1H3. The number of pyridine rings is 1. The minimum Gasteiger partial charge on any atom is -0.303 e. The topological polar surface area (TPSA) is 30.0 Å². The van der Waals surface area contributed by atoms with E-state index < -0.39 is 0 Å². The van der Waals surface area contributed by atoms with Gasteiger partial charge in [0.2, 0.25) is 0 Å². The number of aryl methyl sites for hydroxylation is 1. The van der Waals surface area contributed by atoms with E-state index in [1.165, 1.54) is 0 Å². The number of nitrogens with zero attached hydrogens (tertiary/aromatic N) is 1. The molecule has 0 aliphatic heterocycles. The molecular formula is C18H14BrNO.